The third-order valence-corrected chi connectivity index (χ3v) is 3.28. The van der Waals surface area contributed by atoms with Gasteiger partial charge in [-0.2, -0.15) is 0 Å². The van der Waals surface area contributed by atoms with Gasteiger partial charge in [0.25, 0.3) is 0 Å². The van der Waals surface area contributed by atoms with Gasteiger partial charge in [0.05, 0.1) is 0 Å². The van der Waals surface area contributed by atoms with E-state index in [0.29, 0.717) is 13.0 Å². The highest BCUT2D eigenvalue weighted by Gasteiger charge is 2.04. The Kier molecular flexibility index (Phi) is 5.52. The SMILES string of the molecule is CC(N)CC(=O)NCCc1cccc(-c2ccccc2)c1. The Morgan fingerprint density at radius 2 is 1.81 bits per heavy atom. The van der Waals surface area contributed by atoms with Crippen LogP contribution in [0.1, 0.15) is 18.9 Å². The van der Waals surface area contributed by atoms with Crippen LogP contribution in [0.15, 0.2) is 54.6 Å². The standard InChI is InChI=1S/C18H22N2O/c1-14(19)12-18(21)20-11-10-15-6-5-9-17(13-15)16-7-3-2-4-8-16/h2-9,13-14H,10-12,19H2,1H3,(H,20,21). The van der Waals surface area contributed by atoms with Crippen molar-refractivity contribution in [3.63, 3.8) is 0 Å². The fourth-order valence-corrected chi connectivity index (χ4v) is 2.25. The first-order valence-electron chi connectivity index (χ1n) is 7.32. The van der Waals surface area contributed by atoms with Crippen molar-refractivity contribution in [2.24, 2.45) is 5.73 Å². The summed E-state index contributed by atoms with van der Waals surface area (Å²) in [4.78, 5) is 11.5. The molecule has 2 aromatic rings. The molecule has 1 atom stereocenters. The van der Waals surface area contributed by atoms with E-state index in [9.17, 15) is 4.79 Å². The summed E-state index contributed by atoms with van der Waals surface area (Å²) in [5.74, 6) is 0.0178. The largest absolute Gasteiger partial charge is 0.356 e. The highest BCUT2D eigenvalue weighted by Crippen LogP contribution is 2.20. The average Bonchev–Trinajstić information content (AvgIpc) is 2.48. The molecule has 21 heavy (non-hydrogen) atoms. The Morgan fingerprint density at radius 1 is 1.10 bits per heavy atom. The highest BCUT2D eigenvalue weighted by atomic mass is 16.1. The number of benzene rings is 2. The molecule has 0 radical (unpaired) electrons. The summed E-state index contributed by atoms with van der Waals surface area (Å²) in [7, 11) is 0. The number of carbonyl (C=O) groups is 1. The van der Waals surface area contributed by atoms with E-state index < -0.39 is 0 Å². The number of hydrogen-bond acceptors (Lipinski definition) is 2. The molecule has 1 unspecified atom stereocenters. The summed E-state index contributed by atoms with van der Waals surface area (Å²) in [5.41, 5.74) is 9.23. The van der Waals surface area contributed by atoms with Crippen LogP contribution in [0, 0.1) is 0 Å². The number of nitrogens with two attached hydrogens (primary N) is 1. The summed E-state index contributed by atoms with van der Waals surface area (Å²) in [6.07, 6.45) is 1.20. The summed E-state index contributed by atoms with van der Waals surface area (Å²) in [5, 5.41) is 2.90. The Bertz CT molecular complexity index is 579. The van der Waals surface area contributed by atoms with Crippen molar-refractivity contribution in [1.82, 2.24) is 5.32 Å². The molecule has 0 heterocycles. The summed E-state index contributed by atoms with van der Waals surface area (Å²) in [6.45, 7) is 2.48. The van der Waals surface area contributed by atoms with Crippen LogP contribution in [0.2, 0.25) is 0 Å². The zero-order chi connectivity index (χ0) is 15.1. The Balaban J connectivity index is 1.92. The molecule has 0 aliphatic heterocycles. The summed E-state index contributed by atoms with van der Waals surface area (Å²) < 4.78 is 0. The number of carbonyl (C=O) groups excluding carboxylic acids is 1. The second-order valence-electron chi connectivity index (χ2n) is 5.35. The molecule has 2 aromatic carbocycles. The van der Waals surface area contributed by atoms with Crippen LogP contribution >= 0.6 is 0 Å². The van der Waals surface area contributed by atoms with Crippen LogP contribution in [-0.2, 0) is 11.2 Å². The predicted octanol–water partition coefficient (Wildman–Crippen LogP) is 2.75. The van der Waals surface area contributed by atoms with Gasteiger partial charge in [-0.25, -0.2) is 0 Å². The second-order valence-corrected chi connectivity index (χ2v) is 5.35. The monoisotopic (exact) mass is 282 g/mol. The third kappa shape index (κ3) is 5.04. The van der Waals surface area contributed by atoms with E-state index >= 15 is 0 Å². The lowest BCUT2D eigenvalue weighted by Gasteiger charge is -2.08. The normalized spacial score (nSPS) is 11.9. The molecule has 0 aliphatic carbocycles. The number of amides is 1. The first kappa shape index (κ1) is 15.3. The minimum Gasteiger partial charge on any atom is -0.356 e. The lowest BCUT2D eigenvalue weighted by molar-refractivity contribution is -0.121. The molecule has 0 fully saturated rings. The molecular weight excluding hydrogens is 260 g/mol. The van der Waals surface area contributed by atoms with Crippen molar-refractivity contribution < 1.29 is 4.79 Å². The number of hydrogen-bond donors (Lipinski definition) is 2. The van der Waals surface area contributed by atoms with Crippen LogP contribution in [-0.4, -0.2) is 18.5 Å². The first-order valence-corrected chi connectivity index (χ1v) is 7.32. The zero-order valence-corrected chi connectivity index (χ0v) is 12.4. The molecule has 2 rings (SSSR count). The van der Waals surface area contributed by atoms with Gasteiger partial charge in [0.2, 0.25) is 5.91 Å². The van der Waals surface area contributed by atoms with Gasteiger partial charge < -0.3 is 11.1 Å². The van der Waals surface area contributed by atoms with Crippen LogP contribution in [0.4, 0.5) is 0 Å². The van der Waals surface area contributed by atoms with E-state index in [2.05, 4.69) is 41.7 Å². The number of nitrogens with one attached hydrogen (secondary N) is 1. The van der Waals surface area contributed by atoms with Gasteiger partial charge in [0, 0.05) is 19.0 Å². The van der Waals surface area contributed by atoms with Gasteiger partial charge in [-0.1, -0.05) is 54.6 Å². The molecule has 0 aromatic heterocycles. The predicted molar refractivity (Wildman–Crippen MR) is 86.9 cm³/mol. The zero-order valence-electron chi connectivity index (χ0n) is 12.4. The molecule has 1 amide bonds. The molecule has 0 saturated carbocycles. The summed E-state index contributed by atoms with van der Waals surface area (Å²) >= 11 is 0. The van der Waals surface area contributed by atoms with E-state index in [1.807, 2.05) is 25.1 Å². The van der Waals surface area contributed by atoms with Crippen molar-refractivity contribution in [2.45, 2.75) is 25.8 Å². The fraction of sp³-hybridized carbons (Fsp3) is 0.278. The van der Waals surface area contributed by atoms with E-state index in [1.54, 1.807) is 0 Å². The molecule has 0 bridgehead atoms. The van der Waals surface area contributed by atoms with E-state index in [4.69, 9.17) is 5.73 Å². The van der Waals surface area contributed by atoms with Crippen LogP contribution in [0.3, 0.4) is 0 Å². The van der Waals surface area contributed by atoms with E-state index in [0.717, 1.165) is 6.42 Å². The van der Waals surface area contributed by atoms with E-state index in [-0.39, 0.29) is 11.9 Å². The molecule has 3 N–H and O–H groups in total. The van der Waals surface area contributed by atoms with Crippen molar-refractivity contribution >= 4 is 5.91 Å². The topological polar surface area (TPSA) is 55.1 Å². The van der Waals surface area contributed by atoms with Crippen LogP contribution in [0.5, 0.6) is 0 Å². The van der Waals surface area contributed by atoms with Crippen molar-refractivity contribution in [3.05, 3.63) is 60.2 Å². The van der Waals surface area contributed by atoms with Gasteiger partial charge in [-0.05, 0) is 30.0 Å². The molecule has 3 heteroatoms. The first-order chi connectivity index (χ1) is 10.1. The smallest absolute Gasteiger partial charge is 0.221 e. The Labute approximate surface area is 126 Å². The minimum atomic E-state index is -0.0913. The van der Waals surface area contributed by atoms with Gasteiger partial charge >= 0.3 is 0 Å². The maximum absolute atomic E-state index is 11.5. The number of rotatable bonds is 6. The quantitative estimate of drug-likeness (QED) is 0.856. The molecule has 3 nitrogen and oxygen atoms in total. The maximum atomic E-state index is 11.5. The van der Waals surface area contributed by atoms with Gasteiger partial charge in [0.1, 0.15) is 0 Å². The highest BCUT2D eigenvalue weighted by molar-refractivity contribution is 5.76. The Morgan fingerprint density at radius 3 is 2.52 bits per heavy atom. The lowest BCUT2D eigenvalue weighted by Crippen LogP contribution is -2.31. The van der Waals surface area contributed by atoms with Gasteiger partial charge in [-0.15, -0.1) is 0 Å². The third-order valence-electron chi connectivity index (χ3n) is 3.28. The van der Waals surface area contributed by atoms with Crippen molar-refractivity contribution in [1.29, 1.82) is 0 Å². The average molecular weight is 282 g/mol. The van der Waals surface area contributed by atoms with Crippen LogP contribution in [0.25, 0.3) is 11.1 Å². The van der Waals surface area contributed by atoms with Crippen LogP contribution < -0.4 is 11.1 Å². The lowest BCUT2D eigenvalue weighted by atomic mass is 10.0. The van der Waals surface area contributed by atoms with Gasteiger partial charge in [0.15, 0.2) is 0 Å². The fourth-order valence-electron chi connectivity index (χ4n) is 2.25. The van der Waals surface area contributed by atoms with E-state index in [1.165, 1.54) is 16.7 Å². The molecular formula is C18H22N2O. The molecule has 110 valence electrons. The minimum absolute atomic E-state index is 0.0178. The summed E-state index contributed by atoms with van der Waals surface area (Å²) in [6, 6.07) is 18.6. The van der Waals surface area contributed by atoms with Crippen molar-refractivity contribution in [2.75, 3.05) is 6.54 Å². The Hall–Kier alpha value is -2.13. The van der Waals surface area contributed by atoms with Crippen molar-refractivity contribution in [3.8, 4) is 11.1 Å². The molecule has 0 aliphatic rings. The molecule has 0 saturated heterocycles. The molecule has 0 spiro atoms. The van der Waals surface area contributed by atoms with Gasteiger partial charge in [-0.3, -0.25) is 4.79 Å². The second kappa shape index (κ2) is 7.60. The maximum Gasteiger partial charge on any atom is 0.221 e.